The first-order valence-corrected chi connectivity index (χ1v) is 10.4. The monoisotopic (exact) mass is 440 g/mol. The molecule has 0 bridgehead atoms. The predicted octanol–water partition coefficient (Wildman–Crippen LogP) is 0.209. The van der Waals surface area contributed by atoms with Crippen molar-refractivity contribution in [1.82, 2.24) is 0 Å². The quantitative estimate of drug-likeness (QED) is 0.329. The maximum atomic E-state index is 10.7. The molecular formula is C17H20N4O6S2. The summed E-state index contributed by atoms with van der Waals surface area (Å²) < 4.78 is 53.8. The van der Waals surface area contributed by atoms with Gasteiger partial charge in [0.25, 0.3) is 0 Å². The predicted molar refractivity (Wildman–Crippen MR) is 112 cm³/mol. The van der Waals surface area contributed by atoms with Gasteiger partial charge in [-0.15, -0.1) is 0 Å². The molecule has 2 aromatic carbocycles. The Morgan fingerprint density at radius 2 is 1.03 bits per heavy atom. The van der Waals surface area contributed by atoms with Gasteiger partial charge in [0, 0.05) is 17.8 Å². The standard InChI is InChI=1S/C17H20N4O6S2/c18-16(28(22)23)20-12-2-6-14(7-3-12)26-10-1-11-27-15-8-4-13(5-9-15)21-17(19)29(24)25/h2-9,20-21H,1,10-11,18-19H2. The van der Waals surface area contributed by atoms with E-state index in [9.17, 15) is 16.8 Å². The highest BCUT2D eigenvalue weighted by Crippen LogP contribution is 2.17. The van der Waals surface area contributed by atoms with Gasteiger partial charge >= 0.3 is 0 Å². The largest absolute Gasteiger partial charge is 0.493 e. The highest BCUT2D eigenvalue weighted by molar-refractivity contribution is 7.73. The molecule has 0 unspecified atom stereocenters. The average Bonchev–Trinajstić information content (AvgIpc) is 2.70. The summed E-state index contributed by atoms with van der Waals surface area (Å²) in [6.45, 7) is 0.845. The first-order chi connectivity index (χ1) is 13.8. The number of hydrogen-bond donors (Lipinski definition) is 4. The first kappa shape index (κ1) is 22.2. The molecule has 0 amide bonds. The summed E-state index contributed by atoms with van der Waals surface area (Å²) in [6.07, 6.45) is 0.631. The molecule has 0 saturated carbocycles. The summed E-state index contributed by atoms with van der Waals surface area (Å²) in [5.41, 5.74) is 11.7. The Hall–Kier alpha value is -3.06. The fourth-order valence-corrected chi connectivity index (χ4v) is 2.48. The van der Waals surface area contributed by atoms with Crippen LogP contribution in [0.15, 0.2) is 48.5 Å². The zero-order chi connectivity index (χ0) is 21.2. The molecule has 0 saturated heterocycles. The Morgan fingerprint density at radius 3 is 1.34 bits per heavy atom. The van der Waals surface area contributed by atoms with Crippen molar-refractivity contribution >= 4 is 42.2 Å². The molecule has 29 heavy (non-hydrogen) atoms. The van der Waals surface area contributed by atoms with Gasteiger partial charge < -0.3 is 20.1 Å². The normalized spacial score (nSPS) is 10.0. The van der Waals surface area contributed by atoms with Crippen LogP contribution in [0, 0.1) is 0 Å². The smallest absolute Gasteiger partial charge is 0.249 e. The minimum atomic E-state index is -2.49. The summed E-state index contributed by atoms with van der Waals surface area (Å²) in [4.78, 5) is 0. The van der Waals surface area contributed by atoms with E-state index >= 15 is 0 Å². The van der Waals surface area contributed by atoms with Crippen LogP contribution in [0.5, 0.6) is 11.5 Å². The fraction of sp³-hybridized carbons (Fsp3) is 0.176. The second kappa shape index (κ2) is 11.1. The van der Waals surface area contributed by atoms with Crippen LogP contribution in [0.25, 0.3) is 0 Å². The molecule has 2 aromatic rings. The number of ether oxygens (including phenoxy) is 2. The molecule has 0 aliphatic carbocycles. The van der Waals surface area contributed by atoms with E-state index in [-0.39, 0.29) is 10.2 Å². The van der Waals surface area contributed by atoms with Crippen LogP contribution in [0.1, 0.15) is 6.42 Å². The number of hydrogen-bond acceptors (Lipinski definition) is 6. The molecule has 156 valence electrons. The van der Waals surface area contributed by atoms with Gasteiger partial charge in [0.2, 0.25) is 30.8 Å². The zero-order valence-corrected chi connectivity index (χ0v) is 16.8. The average molecular weight is 441 g/mol. The lowest BCUT2D eigenvalue weighted by atomic mass is 10.3. The van der Waals surface area contributed by atoms with Crippen LogP contribution in [-0.2, 0) is 20.6 Å². The topological polar surface area (TPSA) is 163 Å². The van der Waals surface area contributed by atoms with Gasteiger partial charge in [0.05, 0.1) is 13.2 Å². The lowest BCUT2D eigenvalue weighted by Crippen LogP contribution is -2.23. The highest BCUT2D eigenvalue weighted by atomic mass is 32.2. The summed E-state index contributed by atoms with van der Waals surface area (Å²) in [7, 11) is -4.98. The van der Waals surface area contributed by atoms with Crippen LogP contribution >= 0.6 is 0 Å². The van der Waals surface area contributed by atoms with Gasteiger partial charge in [-0.2, -0.15) is 16.8 Å². The Balaban J connectivity index is 1.72. The van der Waals surface area contributed by atoms with E-state index in [4.69, 9.17) is 20.9 Å². The van der Waals surface area contributed by atoms with E-state index in [2.05, 4.69) is 10.6 Å². The van der Waals surface area contributed by atoms with E-state index in [1.54, 1.807) is 48.5 Å². The summed E-state index contributed by atoms with van der Waals surface area (Å²) in [5, 5.41) is 4.37. The van der Waals surface area contributed by atoms with Crippen LogP contribution in [0.3, 0.4) is 0 Å². The second-order valence-corrected chi connectivity index (χ2v) is 7.37. The first-order valence-electron chi connectivity index (χ1n) is 8.28. The van der Waals surface area contributed by atoms with E-state index in [1.807, 2.05) is 0 Å². The maximum absolute atomic E-state index is 10.7. The van der Waals surface area contributed by atoms with Crippen molar-refractivity contribution in [2.24, 2.45) is 11.5 Å². The van der Waals surface area contributed by atoms with E-state index in [0.29, 0.717) is 42.5 Å². The Bertz CT molecular complexity index is 990. The molecule has 0 radical (unpaired) electrons. The van der Waals surface area contributed by atoms with Crippen LogP contribution in [-0.4, -0.2) is 40.3 Å². The molecule has 0 atom stereocenters. The number of rotatable bonds is 8. The zero-order valence-electron chi connectivity index (χ0n) is 15.2. The number of nitrogens with two attached hydrogens (primary N) is 2. The Labute approximate surface area is 170 Å². The fourth-order valence-electron chi connectivity index (χ4n) is 2.08. The van der Waals surface area contributed by atoms with Gasteiger partial charge in [-0.05, 0) is 48.5 Å². The van der Waals surface area contributed by atoms with E-state index in [0.717, 1.165) is 0 Å². The lowest BCUT2D eigenvalue weighted by molar-refractivity contribution is 0.247. The van der Waals surface area contributed by atoms with Crippen molar-refractivity contribution < 1.29 is 26.3 Å². The van der Waals surface area contributed by atoms with Crippen molar-refractivity contribution in [2.45, 2.75) is 6.42 Å². The third kappa shape index (κ3) is 7.83. The maximum Gasteiger partial charge on any atom is 0.249 e. The van der Waals surface area contributed by atoms with Crippen LogP contribution in [0.2, 0.25) is 0 Å². The van der Waals surface area contributed by atoms with Crippen molar-refractivity contribution in [1.29, 1.82) is 0 Å². The third-order valence-corrected chi connectivity index (χ3v) is 4.35. The van der Waals surface area contributed by atoms with Gasteiger partial charge in [-0.3, -0.25) is 11.5 Å². The molecule has 0 aliphatic rings. The summed E-state index contributed by atoms with van der Waals surface area (Å²) >= 11 is 0. The highest BCUT2D eigenvalue weighted by Gasteiger charge is 2.00. The van der Waals surface area contributed by atoms with Gasteiger partial charge in [-0.1, -0.05) is 0 Å². The lowest BCUT2D eigenvalue weighted by Gasteiger charge is -2.10. The third-order valence-electron chi connectivity index (χ3n) is 3.43. The minimum Gasteiger partial charge on any atom is -0.493 e. The molecule has 12 heteroatoms. The van der Waals surface area contributed by atoms with Crippen molar-refractivity contribution in [3.63, 3.8) is 0 Å². The minimum absolute atomic E-state index is 0.360. The molecule has 0 fully saturated rings. The van der Waals surface area contributed by atoms with E-state index in [1.165, 1.54) is 0 Å². The molecule has 10 nitrogen and oxygen atoms in total. The van der Waals surface area contributed by atoms with Crippen LogP contribution < -0.4 is 31.6 Å². The molecule has 0 aromatic heterocycles. The molecule has 2 rings (SSSR count). The van der Waals surface area contributed by atoms with Gasteiger partial charge in [0.1, 0.15) is 11.5 Å². The second-order valence-electron chi connectivity index (χ2n) is 5.55. The van der Waals surface area contributed by atoms with Gasteiger partial charge in [-0.25, -0.2) is 0 Å². The Kier molecular flexibility index (Phi) is 8.48. The summed E-state index contributed by atoms with van der Waals surface area (Å²) in [6, 6.07) is 13.3. The van der Waals surface area contributed by atoms with Gasteiger partial charge in [0.15, 0.2) is 0 Å². The summed E-state index contributed by atoms with van der Waals surface area (Å²) in [5.74, 6) is 1.25. The van der Waals surface area contributed by atoms with Crippen molar-refractivity contribution in [2.75, 3.05) is 23.8 Å². The van der Waals surface area contributed by atoms with Crippen molar-refractivity contribution in [3.8, 4) is 11.5 Å². The van der Waals surface area contributed by atoms with Crippen LogP contribution in [0.4, 0.5) is 11.4 Å². The van der Waals surface area contributed by atoms with Crippen molar-refractivity contribution in [3.05, 3.63) is 48.5 Å². The molecule has 6 N–H and O–H groups in total. The molecule has 0 heterocycles. The molecular weight excluding hydrogens is 420 g/mol. The number of benzene rings is 2. The van der Waals surface area contributed by atoms with E-state index < -0.39 is 20.6 Å². The molecule has 0 spiro atoms. The SMILES string of the molecule is NC(Nc1ccc(OCCCOc2ccc(NC(N)=S(=O)=O)cc2)cc1)=S(=O)=O. The number of anilines is 2. The Morgan fingerprint density at radius 1 is 0.690 bits per heavy atom. The number of nitrogens with one attached hydrogen (secondary N) is 2. The molecule has 0 aliphatic heterocycles.